The molecule has 2 N–H and O–H groups in total. The fourth-order valence-electron chi connectivity index (χ4n) is 3.78. The summed E-state index contributed by atoms with van der Waals surface area (Å²) in [6.07, 6.45) is 1.10. The van der Waals surface area contributed by atoms with Crippen LogP contribution in [0.15, 0.2) is 36.4 Å². The Morgan fingerprint density at radius 1 is 1.19 bits per heavy atom. The minimum absolute atomic E-state index is 0.325. The van der Waals surface area contributed by atoms with Gasteiger partial charge in [0.15, 0.2) is 0 Å². The minimum Gasteiger partial charge on any atom is -0.496 e. The van der Waals surface area contributed by atoms with Gasteiger partial charge in [-0.2, -0.15) is 0 Å². The van der Waals surface area contributed by atoms with Crippen LogP contribution in [0.1, 0.15) is 24.6 Å². The van der Waals surface area contributed by atoms with Crippen LogP contribution in [0.5, 0.6) is 5.75 Å². The topological polar surface area (TPSA) is 51.4 Å². The highest BCUT2D eigenvalue weighted by atomic mass is 19.1. The van der Waals surface area contributed by atoms with Crippen molar-refractivity contribution in [2.75, 3.05) is 19.4 Å². The molecule has 2 heterocycles. The molecule has 0 bridgehead atoms. The van der Waals surface area contributed by atoms with Crippen molar-refractivity contribution in [1.82, 2.24) is 9.88 Å². The van der Waals surface area contributed by atoms with Crippen LogP contribution in [0.3, 0.4) is 0 Å². The van der Waals surface area contributed by atoms with Crippen LogP contribution >= 0.6 is 0 Å². The van der Waals surface area contributed by atoms with Crippen LogP contribution in [0.4, 0.5) is 10.1 Å². The molecule has 2 aromatic carbocycles. The predicted octanol–water partition coefficient (Wildman–Crippen LogP) is 4.36. The summed E-state index contributed by atoms with van der Waals surface area (Å²) in [7, 11) is 1.55. The molecule has 0 atom stereocenters. The van der Waals surface area contributed by atoms with Gasteiger partial charge in [0.2, 0.25) is 0 Å². The number of nitrogens with zero attached hydrogens (tertiary/aromatic N) is 2. The number of rotatable bonds is 4. The summed E-state index contributed by atoms with van der Waals surface area (Å²) in [5.74, 6) is 0.167. The van der Waals surface area contributed by atoms with Gasteiger partial charge in [-0.15, -0.1) is 0 Å². The van der Waals surface area contributed by atoms with E-state index in [2.05, 4.69) is 11.8 Å². The molecule has 0 saturated heterocycles. The number of hydrogen-bond donors (Lipinski definition) is 1. The molecule has 4 nitrogen and oxygen atoms in total. The summed E-state index contributed by atoms with van der Waals surface area (Å²) >= 11 is 0. The van der Waals surface area contributed by atoms with Crippen LogP contribution in [0.25, 0.3) is 22.0 Å². The minimum atomic E-state index is -0.325. The van der Waals surface area contributed by atoms with Gasteiger partial charge in [0.05, 0.1) is 18.3 Å². The Hall–Kier alpha value is -2.66. The van der Waals surface area contributed by atoms with Crippen molar-refractivity contribution < 1.29 is 9.13 Å². The molecule has 0 radical (unpaired) electrons. The Morgan fingerprint density at radius 2 is 2.04 bits per heavy atom. The van der Waals surface area contributed by atoms with Crippen molar-refractivity contribution in [3.8, 4) is 16.9 Å². The van der Waals surface area contributed by atoms with Gasteiger partial charge in [-0.05, 0) is 25.1 Å². The van der Waals surface area contributed by atoms with Gasteiger partial charge in [0.25, 0.3) is 0 Å². The predicted molar refractivity (Wildman–Crippen MR) is 103 cm³/mol. The number of pyridine rings is 1. The average Bonchev–Trinajstić information content (AvgIpc) is 3.05. The summed E-state index contributed by atoms with van der Waals surface area (Å²) in [5.41, 5.74) is 12.0. The van der Waals surface area contributed by atoms with E-state index in [0.29, 0.717) is 5.75 Å². The third-order valence-electron chi connectivity index (χ3n) is 5.00. The molecule has 134 valence electrons. The smallest absolute Gasteiger partial charge is 0.129 e. The number of methoxy groups -OCH3 is 1. The second-order valence-electron chi connectivity index (χ2n) is 6.71. The number of para-hydroxylation sites is 1. The maximum atomic E-state index is 13.6. The molecule has 4 rings (SSSR count). The lowest BCUT2D eigenvalue weighted by atomic mass is 9.98. The molecule has 0 unspecified atom stereocenters. The average molecular weight is 351 g/mol. The van der Waals surface area contributed by atoms with E-state index >= 15 is 0 Å². The van der Waals surface area contributed by atoms with Crippen molar-refractivity contribution in [2.45, 2.75) is 26.4 Å². The largest absolute Gasteiger partial charge is 0.496 e. The zero-order valence-electron chi connectivity index (χ0n) is 15.1. The fraction of sp³-hybridized carbons (Fsp3) is 0.286. The molecule has 26 heavy (non-hydrogen) atoms. The zero-order valence-corrected chi connectivity index (χ0v) is 15.1. The first-order chi connectivity index (χ1) is 12.6. The van der Waals surface area contributed by atoms with Gasteiger partial charge in [0.1, 0.15) is 11.6 Å². The first-order valence-corrected chi connectivity index (χ1v) is 8.88. The van der Waals surface area contributed by atoms with E-state index in [9.17, 15) is 4.39 Å². The van der Waals surface area contributed by atoms with Crippen LogP contribution in [-0.4, -0.2) is 23.5 Å². The molecule has 1 aliphatic heterocycles. The maximum Gasteiger partial charge on any atom is 0.129 e. The fourth-order valence-corrected chi connectivity index (χ4v) is 3.78. The van der Waals surface area contributed by atoms with Gasteiger partial charge in [0, 0.05) is 46.9 Å². The number of nitrogens with two attached hydrogens (primary N) is 1. The van der Waals surface area contributed by atoms with E-state index in [4.69, 9.17) is 15.5 Å². The second-order valence-corrected chi connectivity index (χ2v) is 6.71. The Labute approximate surface area is 152 Å². The molecule has 1 aromatic heterocycles. The van der Waals surface area contributed by atoms with Crippen molar-refractivity contribution in [3.05, 3.63) is 53.5 Å². The number of benzene rings is 2. The molecule has 0 saturated carbocycles. The van der Waals surface area contributed by atoms with E-state index in [1.54, 1.807) is 13.2 Å². The third kappa shape index (κ3) is 2.69. The number of fused-ring (bicyclic) bond motifs is 2. The molecule has 1 aliphatic rings. The van der Waals surface area contributed by atoms with Gasteiger partial charge < -0.3 is 10.5 Å². The van der Waals surface area contributed by atoms with Crippen LogP contribution in [-0.2, 0) is 13.1 Å². The molecule has 0 amide bonds. The van der Waals surface area contributed by atoms with Crippen molar-refractivity contribution in [2.24, 2.45) is 0 Å². The van der Waals surface area contributed by atoms with Crippen molar-refractivity contribution >= 4 is 16.6 Å². The first-order valence-electron chi connectivity index (χ1n) is 8.88. The normalized spacial score (nSPS) is 14.0. The lowest BCUT2D eigenvalue weighted by Gasteiger charge is -2.14. The number of anilines is 1. The van der Waals surface area contributed by atoms with Crippen molar-refractivity contribution in [1.29, 1.82) is 0 Å². The van der Waals surface area contributed by atoms with Gasteiger partial charge in [-0.25, -0.2) is 4.39 Å². The molecule has 3 aromatic rings. The first kappa shape index (κ1) is 16.8. The second kappa shape index (κ2) is 6.57. The van der Waals surface area contributed by atoms with Crippen molar-refractivity contribution in [3.63, 3.8) is 0 Å². The molecule has 0 aliphatic carbocycles. The number of halogens is 1. The van der Waals surface area contributed by atoms with Crippen LogP contribution < -0.4 is 10.5 Å². The Morgan fingerprint density at radius 3 is 2.81 bits per heavy atom. The monoisotopic (exact) mass is 351 g/mol. The van der Waals surface area contributed by atoms with Crippen LogP contribution in [0.2, 0.25) is 0 Å². The van der Waals surface area contributed by atoms with E-state index < -0.39 is 0 Å². The number of aromatic nitrogens is 1. The third-order valence-corrected chi connectivity index (χ3v) is 5.00. The van der Waals surface area contributed by atoms with E-state index in [-0.39, 0.29) is 5.82 Å². The zero-order chi connectivity index (χ0) is 18.3. The summed E-state index contributed by atoms with van der Waals surface area (Å²) in [4.78, 5) is 7.32. The van der Waals surface area contributed by atoms with Gasteiger partial charge >= 0.3 is 0 Å². The number of nitrogen functional groups attached to an aromatic ring is 1. The lowest BCUT2D eigenvalue weighted by molar-refractivity contribution is 0.283. The van der Waals surface area contributed by atoms with E-state index in [0.717, 1.165) is 65.0 Å². The quantitative estimate of drug-likeness (QED) is 0.759. The number of hydrogen-bond acceptors (Lipinski definition) is 4. The Kier molecular flexibility index (Phi) is 4.24. The molecule has 0 fully saturated rings. The highest BCUT2D eigenvalue weighted by Gasteiger charge is 2.24. The standard InChI is InChI=1S/C21H22FN3O/c1-3-9-25-11-17-18(12-25)24-21-15(5-4-6-16(21)20(17)23)14-8-7-13(22)10-19(14)26-2/h4-8,10H,3,9,11-12H2,1-2H3,(H2,23,24). The Bertz CT molecular complexity index is 987. The lowest BCUT2D eigenvalue weighted by Crippen LogP contribution is -2.16. The maximum absolute atomic E-state index is 13.6. The van der Waals surface area contributed by atoms with E-state index in [1.165, 1.54) is 12.1 Å². The molecular weight excluding hydrogens is 329 g/mol. The summed E-state index contributed by atoms with van der Waals surface area (Å²) < 4.78 is 19.0. The highest BCUT2D eigenvalue weighted by molar-refractivity contribution is 6.02. The van der Waals surface area contributed by atoms with E-state index in [1.807, 2.05) is 18.2 Å². The molecule has 5 heteroatoms. The van der Waals surface area contributed by atoms with Gasteiger partial charge in [-0.1, -0.05) is 25.1 Å². The summed E-state index contributed by atoms with van der Waals surface area (Å²) in [6, 6.07) is 10.5. The Balaban J connectivity index is 1.92. The molecular formula is C21H22FN3O. The summed E-state index contributed by atoms with van der Waals surface area (Å²) in [5, 5.41) is 0.936. The highest BCUT2D eigenvalue weighted by Crippen LogP contribution is 2.39. The van der Waals surface area contributed by atoms with Crippen LogP contribution in [0, 0.1) is 5.82 Å². The number of ether oxygens (including phenoxy) is 1. The molecule has 0 spiro atoms. The van der Waals surface area contributed by atoms with Gasteiger partial charge in [-0.3, -0.25) is 9.88 Å². The summed E-state index contributed by atoms with van der Waals surface area (Å²) in [6.45, 7) is 4.88. The SMILES string of the molecule is CCCN1Cc2nc3c(-c4ccc(F)cc4OC)cccc3c(N)c2C1.